The van der Waals surface area contributed by atoms with Crippen LogP contribution in [0.4, 0.5) is 23.7 Å². The highest BCUT2D eigenvalue weighted by Crippen LogP contribution is 2.13. The molecule has 0 unspecified atom stereocenters. The van der Waals surface area contributed by atoms with Gasteiger partial charge in [0.15, 0.2) is 11.6 Å². The Bertz CT molecular complexity index is 648. The van der Waals surface area contributed by atoms with Crippen LogP contribution in [0.2, 0.25) is 0 Å². The third-order valence-electron chi connectivity index (χ3n) is 2.65. The summed E-state index contributed by atoms with van der Waals surface area (Å²) in [5.74, 6) is -1.92. The molecule has 0 radical (unpaired) electrons. The Morgan fingerprint density at radius 2 is 1.73 bits per heavy atom. The predicted octanol–water partition coefficient (Wildman–Crippen LogP) is 3.30. The van der Waals surface area contributed by atoms with Gasteiger partial charge in [-0.3, -0.25) is 0 Å². The Morgan fingerprint density at radius 3 is 2.41 bits per heavy atom. The van der Waals surface area contributed by atoms with E-state index in [-0.39, 0.29) is 24.7 Å². The van der Waals surface area contributed by atoms with Gasteiger partial charge >= 0.3 is 6.03 Å². The zero-order chi connectivity index (χ0) is 15.9. The lowest BCUT2D eigenvalue weighted by atomic mass is 10.3. The van der Waals surface area contributed by atoms with Crippen molar-refractivity contribution in [2.45, 2.75) is 0 Å². The highest BCUT2D eigenvalue weighted by molar-refractivity contribution is 5.89. The summed E-state index contributed by atoms with van der Waals surface area (Å²) in [5.41, 5.74) is 0.135. The number of hydrogen-bond acceptors (Lipinski definition) is 2. The summed E-state index contributed by atoms with van der Waals surface area (Å²) in [6.07, 6.45) is 0. The number of carbonyl (C=O) groups is 1. The molecule has 0 bridgehead atoms. The number of nitrogens with one attached hydrogen (secondary N) is 2. The summed E-state index contributed by atoms with van der Waals surface area (Å²) in [4.78, 5) is 11.5. The van der Waals surface area contributed by atoms with E-state index in [1.807, 2.05) is 0 Å². The van der Waals surface area contributed by atoms with Gasteiger partial charge in [0.05, 0.1) is 6.54 Å². The number of urea groups is 1. The molecule has 0 heterocycles. The van der Waals surface area contributed by atoms with Crippen LogP contribution in [0.15, 0.2) is 42.5 Å². The lowest BCUT2D eigenvalue weighted by molar-refractivity contribution is 0.247. The smallest absolute Gasteiger partial charge is 0.319 e. The lowest BCUT2D eigenvalue weighted by Crippen LogP contribution is -2.32. The summed E-state index contributed by atoms with van der Waals surface area (Å²) in [5, 5.41) is 4.84. The average Bonchev–Trinajstić information content (AvgIpc) is 2.49. The van der Waals surface area contributed by atoms with Gasteiger partial charge in [-0.25, -0.2) is 18.0 Å². The fourth-order valence-corrected chi connectivity index (χ4v) is 1.61. The number of rotatable bonds is 5. The first-order valence-electron chi connectivity index (χ1n) is 6.43. The van der Waals surface area contributed by atoms with Gasteiger partial charge in [0.25, 0.3) is 0 Å². The molecule has 2 amide bonds. The molecule has 2 aromatic rings. The number of halogens is 3. The molecule has 2 aromatic carbocycles. The molecule has 0 fully saturated rings. The molecular formula is C15H13F3N2O2. The fraction of sp³-hybridized carbons (Fsp3) is 0.133. The molecular weight excluding hydrogens is 297 g/mol. The highest BCUT2D eigenvalue weighted by Gasteiger charge is 2.05. The van der Waals surface area contributed by atoms with Crippen LogP contribution in [0.1, 0.15) is 0 Å². The quantitative estimate of drug-likeness (QED) is 0.833. The van der Waals surface area contributed by atoms with E-state index in [1.165, 1.54) is 30.3 Å². The summed E-state index contributed by atoms with van der Waals surface area (Å²) in [6.45, 7) is 0.365. The molecule has 0 aliphatic carbocycles. The van der Waals surface area contributed by atoms with E-state index in [9.17, 15) is 18.0 Å². The van der Waals surface area contributed by atoms with Gasteiger partial charge in [-0.1, -0.05) is 0 Å². The van der Waals surface area contributed by atoms with Gasteiger partial charge in [0, 0.05) is 11.8 Å². The summed E-state index contributed by atoms with van der Waals surface area (Å²) in [6, 6.07) is 7.93. The van der Waals surface area contributed by atoms with Crippen LogP contribution in [0, 0.1) is 17.5 Å². The van der Waals surface area contributed by atoms with Crippen molar-refractivity contribution in [1.82, 2.24) is 5.32 Å². The van der Waals surface area contributed by atoms with Crippen molar-refractivity contribution in [2.24, 2.45) is 0 Å². The Kier molecular flexibility index (Phi) is 5.24. The van der Waals surface area contributed by atoms with Crippen molar-refractivity contribution in [1.29, 1.82) is 0 Å². The van der Waals surface area contributed by atoms with Crippen molar-refractivity contribution >= 4 is 11.7 Å². The summed E-state index contributed by atoms with van der Waals surface area (Å²) < 4.78 is 43.6. The second-order valence-corrected chi connectivity index (χ2v) is 4.31. The minimum Gasteiger partial charge on any atom is -0.492 e. The van der Waals surface area contributed by atoms with E-state index in [0.717, 1.165) is 12.1 Å². The van der Waals surface area contributed by atoms with Gasteiger partial charge in [-0.15, -0.1) is 0 Å². The van der Waals surface area contributed by atoms with Gasteiger partial charge in [-0.2, -0.15) is 0 Å². The molecule has 22 heavy (non-hydrogen) atoms. The second-order valence-electron chi connectivity index (χ2n) is 4.31. The largest absolute Gasteiger partial charge is 0.492 e. The predicted molar refractivity (Wildman–Crippen MR) is 75.3 cm³/mol. The first-order valence-corrected chi connectivity index (χ1v) is 6.43. The third kappa shape index (κ3) is 4.69. The molecule has 0 saturated heterocycles. The molecule has 0 spiro atoms. The zero-order valence-corrected chi connectivity index (χ0v) is 11.4. The Labute approximate surface area is 124 Å². The molecule has 0 atom stereocenters. The Balaban J connectivity index is 1.71. The van der Waals surface area contributed by atoms with E-state index in [1.54, 1.807) is 0 Å². The molecule has 4 nitrogen and oxygen atoms in total. The van der Waals surface area contributed by atoms with Crippen LogP contribution in [0.3, 0.4) is 0 Å². The van der Waals surface area contributed by atoms with Crippen LogP contribution in [0.5, 0.6) is 5.75 Å². The normalized spacial score (nSPS) is 10.1. The highest BCUT2D eigenvalue weighted by atomic mass is 19.2. The van der Waals surface area contributed by atoms with Crippen molar-refractivity contribution < 1.29 is 22.7 Å². The van der Waals surface area contributed by atoms with Crippen molar-refractivity contribution in [3.63, 3.8) is 0 Å². The molecule has 2 rings (SSSR count). The summed E-state index contributed by atoms with van der Waals surface area (Å²) >= 11 is 0. The maximum atomic E-state index is 13.0. The lowest BCUT2D eigenvalue weighted by Gasteiger charge is -2.09. The van der Waals surface area contributed by atoms with Gasteiger partial charge in [0.2, 0.25) is 0 Å². The van der Waals surface area contributed by atoms with E-state index in [0.29, 0.717) is 5.75 Å². The topological polar surface area (TPSA) is 50.4 Å². The number of hydrogen-bond donors (Lipinski definition) is 2. The van der Waals surface area contributed by atoms with Crippen LogP contribution >= 0.6 is 0 Å². The second kappa shape index (κ2) is 7.35. The number of amides is 2. The first kappa shape index (κ1) is 15.7. The van der Waals surface area contributed by atoms with E-state index >= 15 is 0 Å². The minimum atomic E-state index is -1.04. The number of carbonyl (C=O) groups excluding carboxylic acids is 1. The number of ether oxygens (including phenoxy) is 1. The molecule has 0 saturated carbocycles. The zero-order valence-electron chi connectivity index (χ0n) is 11.4. The minimum absolute atomic E-state index is 0.135. The van der Waals surface area contributed by atoms with Crippen LogP contribution < -0.4 is 15.4 Å². The van der Waals surface area contributed by atoms with E-state index in [2.05, 4.69) is 10.6 Å². The molecule has 0 aromatic heterocycles. The number of benzene rings is 2. The van der Waals surface area contributed by atoms with E-state index in [4.69, 9.17) is 4.74 Å². The van der Waals surface area contributed by atoms with E-state index < -0.39 is 17.7 Å². The molecule has 0 aliphatic heterocycles. The summed E-state index contributed by atoms with van der Waals surface area (Å²) in [7, 11) is 0. The molecule has 2 N–H and O–H groups in total. The average molecular weight is 310 g/mol. The SMILES string of the molecule is O=C(NCCOc1ccc(F)cc1)Nc1ccc(F)c(F)c1. The molecule has 116 valence electrons. The molecule has 0 aliphatic rings. The number of anilines is 1. The van der Waals surface area contributed by atoms with Gasteiger partial charge in [-0.05, 0) is 36.4 Å². The third-order valence-corrected chi connectivity index (χ3v) is 2.65. The Morgan fingerprint density at radius 1 is 1.00 bits per heavy atom. The maximum Gasteiger partial charge on any atom is 0.319 e. The van der Waals surface area contributed by atoms with Crippen molar-refractivity contribution in [3.8, 4) is 5.75 Å². The fourth-order valence-electron chi connectivity index (χ4n) is 1.61. The maximum absolute atomic E-state index is 13.0. The molecule has 7 heteroatoms. The standard InChI is InChI=1S/C15H13F3N2O2/c16-10-1-4-12(5-2-10)22-8-7-19-15(21)20-11-3-6-13(17)14(18)9-11/h1-6,9H,7-8H2,(H2,19,20,21). The van der Waals surface area contributed by atoms with Crippen LogP contribution in [0.25, 0.3) is 0 Å². The van der Waals surface area contributed by atoms with Crippen LogP contribution in [-0.4, -0.2) is 19.2 Å². The van der Waals surface area contributed by atoms with Crippen LogP contribution in [-0.2, 0) is 0 Å². The monoisotopic (exact) mass is 310 g/mol. The Hall–Kier alpha value is -2.70. The van der Waals surface area contributed by atoms with Crippen molar-refractivity contribution in [2.75, 3.05) is 18.5 Å². The van der Waals surface area contributed by atoms with Gasteiger partial charge in [0.1, 0.15) is 18.2 Å². The first-order chi connectivity index (χ1) is 10.5. The van der Waals surface area contributed by atoms with Gasteiger partial charge < -0.3 is 15.4 Å². The van der Waals surface area contributed by atoms with Crippen molar-refractivity contribution in [3.05, 3.63) is 59.9 Å².